The minimum atomic E-state index is -0.347. The zero-order valence-electron chi connectivity index (χ0n) is 15.4. The molecule has 0 aliphatic rings. The number of rotatable bonds is 3. The van der Waals surface area contributed by atoms with Crippen molar-refractivity contribution in [1.82, 2.24) is 0 Å². The second-order valence-electron chi connectivity index (χ2n) is 6.78. The van der Waals surface area contributed by atoms with Crippen molar-refractivity contribution < 1.29 is 4.42 Å². The fraction of sp³-hybridized carbons (Fsp3) is 0.0800. The van der Waals surface area contributed by atoms with Gasteiger partial charge in [-0.15, -0.1) is 0 Å². The van der Waals surface area contributed by atoms with E-state index in [1.807, 2.05) is 61.5 Å². The summed E-state index contributed by atoms with van der Waals surface area (Å²) in [6, 6.07) is 27.9. The van der Waals surface area contributed by atoms with Crippen LogP contribution in [-0.2, 0) is 0 Å². The molecule has 0 unspecified atom stereocenters. The SMILES string of the molecule is Cc1ccc(-c2oc(=O)cc(-c3ccccc3)c2-c2ccc(C)cc2)cc1. The molecular formula is C25H20O2. The lowest BCUT2D eigenvalue weighted by Crippen LogP contribution is -2.02. The molecule has 0 atom stereocenters. The standard InChI is InChI=1S/C25H20O2/c1-17-8-12-20(13-9-17)24-22(19-6-4-3-5-7-19)16-23(26)27-25(24)21-14-10-18(2)11-15-21/h3-16H,1-2H3. The van der Waals surface area contributed by atoms with Gasteiger partial charge in [0.15, 0.2) is 0 Å². The van der Waals surface area contributed by atoms with Crippen molar-refractivity contribution >= 4 is 0 Å². The molecule has 2 nitrogen and oxygen atoms in total. The Labute approximate surface area is 158 Å². The van der Waals surface area contributed by atoms with E-state index in [9.17, 15) is 4.79 Å². The van der Waals surface area contributed by atoms with Crippen LogP contribution in [0.1, 0.15) is 11.1 Å². The summed E-state index contributed by atoms with van der Waals surface area (Å²) < 4.78 is 5.73. The van der Waals surface area contributed by atoms with Crippen molar-refractivity contribution in [2.45, 2.75) is 13.8 Å². The van der Waals surface area contributed by atoms with Gasteiger partial charge in [0.2, 0.25) is 0 Å². The van der Waals surface area contributed by atoms with Crippen LogP contribution < -0.4 is 5.63 Å². The van der Waals surface area contributed by atoms with E-state index in [1.54, 1.807) is 6.07 Å². The van der Waals surface area contributed by atoms with Crippen LogP contribution in [0.25, 0.3) is 33.6 Å². The summed E-state index contributed by atoms with van der Waals surface area (Å²) >= 11 is 0. The van der Waals surface area contributed by atoms with Gasteiger partial charge in [0.05, 0.1) is 0 Å². The first-order valence-electron chi connectivity index (χ1n) is 8.99. The zero-order chi connectivity index (χ0) is 18.8. The summed E-state index contributed by atoms with van der Waals surface area (Å²) in [6.07, 6.45) is 0. The van der Waals surface area contributed by atoms with Crippen LogP contribution in [0.5, 0.6) is 0 Å². The summed E-state index contributed by atoms with van der Waals surface area (Å²) in [5.74, 6) is 0.602. The third-order valence-electron chi connectivity index (χ3n) is 4.70. The number of aryl methyl sites for hydroxylation is 2. The summed E-state index contributed by atoms with van der Waals surface area (Å²) in [7, 11) is 0. The van der Waals surface area contributed by atoms with Crippen LogP contribution in [0.4, 0.5) is 0 Å². The molecule has 0 aliphatic carbocycles. The van der Waals surface area contributed by atoms with Gasteiger partial charge in [-0.2, -0.15) is 0 Å². The minimum Gasteiger partial charge on any atom is -0.422 e. The van der Waals surface area contributed by atoms with Crippen molar-refractivity contribution in [2.24, 2.45) is 0 Å². The first kappa shape index (κ1) is 17.0. The Morgan fingerprint density at radius 2 is 1.19 bits per heavy atom. The highest BCUT2D eigenvalue weighted by atomic mass is 16.4. The van der Waals surface area contributed by atoms with E-state index in [1.165, 1.54) is 5.56 Å². The van der Waals surface area contributed by atoms with Gasteiger partial charge in [-0.25, -0.2) is 4.79 Å². The van der Waals surface area contributed by atoms with Gasteiger partial charge < -0.3 is 4.42 Å². The average Bonchev–Trinajstić information content (AvgIpc) is 2.69. The molecule has 0 saturated heterocycles. The van der Waals surface area contributed by atoms with Gasteiger partial charge in [0.25, 0.3) is 0 Å². The van der Waals surface area contributed by atoms with Crippen LogP contribution in [0, 0.1) is 13.8 Å². The van der Waals surface area contributed by atoms with E-state index in [4.69, 9.17) is 4.42 Å². The van der Waals surface area contributed by atoms with Crippen LogP contribution in [0.3, 0.4) is 0 Å². The molecule has 0 N–H and O–H groups in total. The predicted molar refractivity (Wildman–Crippen MR) is 111 cm³/mol. The molecule has 27 heavy (non-hydrogen) atoms. The molecule has 0 bridgehead atoms. The summed E-state index contributed by atoms with van der Waals surface area (Å²) in [5, 5.41) is 0. The van der Waals surface area contributed by atoms with Crippen LogP contribution in [0.2, 0.25) is 0 Å². The van der Waals surface area contributed by atoms with Crippen molar-refractivity contribution in [2.75, 3.05) is 0 Å². The first-order chi connectivity index (χ1) is 13.1. The fourth-order valence-corrected chi connectivity index (χ4v) is 3.25. The molecule has 132 valence electrons. The Hall–Kier alpha value is -3.39. The van der Waals surface area contributed by atoms with Crippen LogP contribution >= 0.6 is 0 Å². The van der Waals surface area contributed by atoms with Crippen molar-refractivity contribution in [3.63, 3.8) is 0 Å². The normalized spacial score (nSPS) is 10.7. The van der Waals surface area contributed by atoms with Gasteiger partial charge >= 0.3 is 5.63 Å². The Balaban J connectivity index is 2.06. The van der Waals surface area contributed by atoms with E-state index < -0.39 is 0 Å². The summed E-state index contributed by atoms with van der Waals surface area (Å²) in [6.45, 7) is 4.11. The minimum absolute atomic E-state index is 0.347. The highest BCUT2D eigenvalue weighted by molar-refractivity contribution is 5.91. The van der Waals surface area contributed by atoms with Gasteiger partial charge in [-0.05, 0) is 25.0 Å². The Bertz CT molecular complexity index is 1120. The fourth-order valence-electron chi connectivity index (χ4n) is 3.25. The second-order valence-corrected chi connectivity index (χ2v) is 6.78. The van der Waals surface area contributed by atoms with E-state index >= 15 is 0 Å². The maximum Gasteiger partial charge on any atom is 0.336 e. The lowest BCUT2D eigenvalue weighted by atomic mass is 9.91. The number of hydrogen-bond donors (Lipinski definition) is 0. The van der Waals surface area contributed by atoms with E-state index in [0.717, 1.165) is 33.4 Å². The van der Waals surface area contributed by atoms with Crippen molar-refractivity contribution in [1.29, 1.82) is 0 Å². The molecule has 4 aromatic rings. The molecule has 0 aliphatic heterocycles. The molecule has 3 aromatic carbocycles. The first-order valence-corrected chi connectivity index (χ1v) is 8.99. The van der Waals surface area contributed by atoms with Crippen LogP contribution in [-0.4, -0.2) is 0 Å². The largest absolute Gasteiger partial charge is 0.422 e. The molecular weight excluding hydrogens is 332 g/mol. The van der Waals surface area contributed by atoms with Gasteiger partial charge in [-0.3, -0.25) is 0 Å². The molecule has 0 amide bonds. The monoisotopic (exact) mass is 352 g/mol. The van der Waals surface area contributed by atoms with Gasteiger partial charge in [-0.1, -0.05) is 90.0 Å². The lowest BCUT2D eigenvalue weighted by molar-refractivity contribution is 0.528. The van der Waals surface area contributed by atoms with E-state index in [2.05, 4.69) is 31.2 Å². The Kier molecular flexibility index (Phi) is 4.47. The molecule has 1 heterocycles. The second kappa shape index (κ2) is 7.08. The van der Waals surface area contributed by atoms with Gasteiger partial charge in [0.1, 0.15) is 5.76 Å². The summed E-state index contributed by atoms with van der Waals surface area (Å²) in [5.41, 5.74) is 6.74. The lowest BCUT2D eigenvalue weighted by Gasteiger charge is -2.14. The third kappa shape index (κ3) is 3.47. The van der Waals surface area contributed by atoms with Crippen molar-refractivity contribution in [3.8, 4) is 33.6 Å². The molecule has 0 fully saturated rings. The smallest absolute Gasteiger partial charge is 0.336 e. The summed E-state index contributed by atoms with van der Waals surface area (Å²) in [4.78, 5) is 12.4. The third-order valence-corrected chi connectivity index (χ3v) is 4.70. The maximum absolute atomic E-state index is 12.4. The maximum atomic E-state index is 12.4. The molecule has 0 saturated carbocycles. The Morgan fingerprint density at radius 1 is 0.630 bits per heavy atom. The highest BCUT2D eigenvalue weighted by Crippen LogP contribution is 2.39. The van der Waals surface area contributed by atoms with Gasteiger partial charge in [0, 0.05) is 22.8 Å². The van der Waals surface area contributed by atoms with E-state index in [0.29, 0.717) is 5.76 Å². The quantitative estimate of drug-likeness (QED) is 0.436. The predicted octanol–water partition coefficient (Wildman–Crippen LogP) is 6.26. The van der Waals surface area contributed by atoms with Crippen LogP contribution in [0.15, 0.2) is 94.1 Å². The average molecular weight is 352 g/mol. The topological polar surface area (TPSA) is 30.2 Å². The molecule has 2 heteroatoms. The molecule has 0 spiro atoms. The molecule has 4 rings (SSSR count). The Morgan fingerprint density at radius 3 is 1.78 bits per heavy atom. The van der Waals surface area contributed by atoms with Crippen molar-refractivity contribution in [3.05, 3.63) is 106 Å². The number of benzene rings is 3. The number of hydrogen-bond acceptors (Lipinski definition) is 2. The van der Waals surface area contributed by atoms with E-state index in [-0.39, 0.29) is 5.63 Å². The molecule has 1 aromatic heterocycles. The molecule has 0 radical (unpaired) electrons. The highest BCUT2D eigenvalue weighted by Gasteiger charge is 2.18. The zero-order valence-corrected chi connectivity index (χ0v) is 15.4.